The molecular weight excluding hydrogens is 243 g/mol. The Balaban J connectivity index is 2.76. The van der Waals surface area contributed by atoms with E-state index in [1.165, 1.54) is 22.2 Å². The summed E-state index contributed by atoms with van der Waals surface area (Å²) in [5.74, 6) is 0. The predicted molar refractivity (Wildman–Crippen MR) is 91.1 cm³/mol. The zero-order valence-electron chi connectivity index (χ0n) is 12.8. The number of benzene rings is 2. The van der Waals surface area contributed by atoms with Gasteiger partial charge in [0.25, 0.3) is 0 Å². The molecule has 0 atom stereocenters. The Kier molecular flexibility index (Phi) is 3.91. The van der Waals surface area contributed by atoms with Gasteiger partial charge in [0.15, 0.2) is 0 Å². The van der Waals surface area contributed by atoms with Crippen molar-refractivity contribution in [3.05, 3.63) is 47.5 Å². The molecule has 2 rings (SSSR count). The Labute approximate surface area is 122 Å². The summed E-state index contributed by atoms with van der Waals surface area (Å²) < 4.78 is 0. The van der Waals surface area contributed by atoms with Crippen molar-refractivity contribution in [1.29, 1.82) is 0 Å². The number of hydrogen-bond donors (Lipinski definition) is 2. The second-order valence-corrected chi connectivity index (χ2v) is 6.00. The first kappa shape index (κ1) is 14.7. The highest BCUT2D eigenvalue weighted by atomic mass is 14.7. The fourth-order valence-electron chi connectivity index (χ4n) is 2.69. The van der Waals surface area contributed by atoms with E-state index >= 15 is 0 Å². The summed E-state index contributed by atoms with van der Waals surface area (Å²) in [6.07, 6.45) is 0.917. The second-order valence-electron chi connectivity index (χ2n) is 6.00. The van der Waals surface area contributed by atoms with Crippen LogP contribution in [0.25, 0.3) is 11.1 Å². The van der Waals surface area contributed by atoms with Crippen LogP contribution in [0, 0.1) is 0 Å². The third kappa shape index (κ3) is 2.73. The molecule has 3 heteroatoms. The van der Waals surface area contributed by atoms with E-state index in [9.17, 15) is 0 Å². The van der Waals surface area contributed by atoms with E-state index in [-0.39, 0.29) is 5.54 Å². The zero-order valence-corrected chi connectivity index (χ0v) is 12.8. The van der Waals surface area contributed by atoms with E-state index in [2.05, 4.69) is 39.0 Å². The lowest BCUT2D eigenvalue weighted by Gasteiger charge is -2.25. The molecule has 0 fully saturated rings. The van der Waals surface area contributed by atoms with Crippen LogP contribution in [0.1, 0.15) is 31.9 Å². The Morgan fingerprint density at radius 1 is 1.10 bits per heavy atom. The van der Waals surface area contributed by atoms with E-state index < -0.39 is 0 Å². The highest BCUT2D eigenvalue weighted by Crippen LogP contribution is 2.34. The molecule has 0 radical (unpaired) electrons. The van der Waals surface area contributed by atoms with Crippen molar-refractivity contribution < 1.29 is 0 Å². The number of anilines is 1. The van der Waals surface area contributed by atoms with Crippen LogP contribution in [0.2, 0.25) is 0 Å². The first-order valence-corrected chi connectivity index (χ1v) is 7.12. The highest BCUT2D eigenvalue weighted by molar-refractivity contribution is 6.32. The summed E-state index contributed by atoms with van der Waals surface area (Å²) >= 11 is 0. The molecule has 2 aromatic rings. The van der Waals surface area contributed by atoms with Crippen molar-refractivity contribution in [3.63, 3.8) is 0 Å². The zero-order chi connectivity index (χ0) is 14.9. The molecule has 0 bridgehead atoms. The largest absolute Gasteiger partial charge is 0.398 e. The Morgan fingerprint density at radius 3 is 2.40 bits per heavy atom. The van der Waals surface area contributed by atoms with Crippen molar-refractivity contribution >= 4 is 19.0 Å². The van der Waals surface area contributed by atoms with Gasteiger partial charge in [-0.25, -0.2) is 0 Å². The van der Waals surface area contributed by atoms with Gasteiger partial charge in [-0.1, -0.05) is 42.7 Å². The molecule has 0 aliphatic rings. The lowest BCUT2D eigenvalue weighted by molar-refractivity contribution is 0.556. The van der Waals surface area contributed by atoms with Gasteiger partial charge in [-0.15, -0.1) is 0 Å². The van der Waals surface area contributed by atoms with Gasteiger partial charge in [0.1, 0.15) is 7.85 Å². The van der Waals surface area contributed by atoms with Gasteiger partial charge in [0.2, 0.25) is 0 Å². The van der Waals surface area contributed by atoms with Gasteiger partial charge in [-0.3, -0.25) is 0 Å². The molecule has 0 heterocycles. The van der Waals surface area contributed by atoms with Crippen molar-refractivity contribution in [2.24, 2.45) is 5.73 Å². The van der Waals surface area contributed by atoms with Crippen LogP contribution in [-0.4, -0.2) is 7.85 Å². The normalized spacial score (nSPS) is 11.6. The average Bonchev–Trinajstić information content (AvgIpc) is 2.36. The number of nitrogen functional groups attached to an aromatic ring is 1. The van der Waals surface area contributed by atoms with Crippen LogP contribution in [0.3, 0.4) is 0 Å². The Bertz CT molecular complexity index is 627. The summed E-state index contributed by atoms with van der Waals surface area (Å²) in [7, 11) is 2.11. The van der Waals surface area contributed by atoms with E-state index in [0.717, 1.165) is 17.7 Å². The van der Waals surface area contributed by atoms with Crippen LogP contribution in [0.5, 0.6) is 0 Å². The van der Waals surface area contributed by atoms with Crippen LogP contribution in [-0.2, 0) is 12.0 Å². The summed E-state index contributed by atoms with van der Waals surface area (Å²) in [5.41, 5.74) is 18.9. The Hall–Kier alpha value is -1.74. The smallest absolute Gasteiger partial charge is 0.139 e. The van der Waals surface area contributed by atoms with Crippen LogP contribution in [0.4, 0.5) is 5.69 Å². The first-order valence-electron chi connectivity index (χ1n) is 7.12. The third-order valence-corrected chi connectivity index (χ3v) is 3.73. The minimum Gasteiger partial charge on any atom is -0.398 e. The molecule has 0 aromatic heterocycles. The van der Waals surface area contributed by atoms with Crippen molar-refractivity contribution in [2.45, 2.75) is 32.7 Å². The van der Waals surface area contributed by atoms with Crippen molar-refractivity contribution in [2.75, 3.05) is 5.73 Å². The van der Waals surface area contributed by atoms with Crippen LogP contribution < -0.4 is 16.9 Å². The average molecular weight is 266 g/mol. The molecule has 0 amide bonds. The molecule has 2 aromatic carbocycles. The maximum absolute atomic E-state index is 6.34. The molecule has 0 spiro atoms. The SMILES string of the molecule is Bc1ccc(C(C)(C)N)c(-c2cccc(N)c2CC)c1. The topological polar surface area (TPSA) is 52.0 Å². The third-order valence-electron chi connectivity index (χ3n) is 3.73. The van der Waals surface area contributed by atoms with Gasteiger partial charge < -0.3 is 11.5 Å². The number of rotatable bonds is 3. The van der Waals surface area contributed by atoms with Crippen molar-refractivity contribution in [3.8, 4) is 11.1 Å². The maximum Gasteiger partial charge on any atom is 0.139 e. The fourth-order valence-corrected chi connectivity index (χ4v) is 2.69. The van der Waals surface area contributed by atoms with Gasteiger partial charge in [0, 0.05) is 11.2 Å². The standard InChI is InChI=1S/C17H23BN2/c1-4-12-13(6-5-7-16(12)19)14-10-11(18)8-9-15(14)17(2,3)20/h5-10H,4,18-20H2,1-3H3. The quantitative estimate of drug-likeness (QED) is 0.659. The van der Waals surface area contributed by atoms with Gasteiger partial charge in [-0.2, -0.15) is 0 Å². The number of hydrogen-bond acceptors (Lipinski definition) is 2. The lowest BCUT2D eigenvalue weighted by Crippen LogP contribution is -2.30. The monoisotopic (exact) mass is 266 g/mol. The Morgan fingerprint density at radius 2 is 1.80 bits per heavy atom. The molecule has 0 saturated carbocycles. The second kappa shape index (κ2) is 5.33. The molecule has 0 aliphatic carbocycles. The molecule has 0 unspecified atom stereocenters. The fraction of sp³-hybridized carbons (Fsp3) is 0.294. The summed E-state index contributed by atoms with van der Waals surface area (Å²) in [4.78, 5) is 0. The van der Waals surface area contributed by atoms with Gasteiger partial charge in [0.05, 0.1) is 0 Å². The number of nitrogens with two attached hydrogens (primary N) is 2. The van der Waals surface area contributed by atoms with Crippen LogP contribution >= 0.6 is 0 Å². The predicted octanol–water partition coefficient (Wildman–Crippen LogP) is 1.95. The summed E-state index contributed by atoms with van der Waals surface area (Å²) in [6.45, 7) is 6.22. The van der Waals surface area contributed by atoms with Gasteiger partial charge >= 0.3 is 0 Å². The lowest BCUT2D eigenvalue weighted by atomic mass is 9.81. The molecular formula is C17H23BN2. The van der Waals surface area contributed by atoms with Gasteiger partial charge in [-0.05, 0) is 48.6 Å². The molecule has 20 heavy (non-hydrogen) atoms. The van der Waals surface area contributed by atoms with E-state index in [0.29, 0.717) is 0 Å². The molecule has 4 N–H and O–H groups in total. The highest BCUT2D eigenvalue weighted by Gasteiger charge is 2.20. The minimum absolute atomic E-state index is 0.376. The van der Waals surface area contributed by atoms with Crippen molar-refractivity contribution in [1.82, 2.24) is 0 Å². The molecule has 0 saturated heterocycles. The van der Waals surface area contributed by atoms with Crippen LogP contribution in [0.15, 0.2) is 36.4 Å². The van der Waals surface area contributed by atoms with E-state index in [1.807, 2.05) is 26.0 Å². The molecule has 104 valence electrons. The maximum atomic E-state index is 6.34. The summed E-state index contributed by atoms with van der Waals surface area (Å²) in [5, 5.41) is 0. The molecule has 0 aliphatic heterocycles. The first-order chi connectivity index (χ1) is 9.34. The molecule has 2 nitrogen and oxygen atoms in total. The summed E-state index contributed by atoms with van der Waals surface area (Å²) in [6, 6.07) is 12.6. The minimum atomic E-state index is -0.376. The van der Waals surface area contributed by atoms with E-state index in [1.54, 1.807) is 0 Å². The van der Waals surface area contributed by atoms with E-state index in [4.69, 9.17) is 11.5 Å².